The predicted molar refractivity (Wildman–Crippen MR) is 138 cm³/mol. The highest BCUT2D eigenvalue weighted by molar-refractivity contribution is 6.30. The number of anilines is 2. The van der Waals surface area contributed by atoms with Crippen molar-refractivity contribution in [1.29, 1.82) is 0 Å². The molecule has 0 bridgehead atoms. The standard InChI is InChI=1S/C27H27ClN6O2/c28-20-3-1-2-18(10-20)22-11-23(22)27(36)32-24-12-26(30-16-29-24)33(8-9-35)14-21-15-34-13-19(17-4-5-17)6-7-25(34)31-21/h1-3,6-7,10,12-13,15-17,22-23,35H,4-5,8-9,11,14H2,(H,29,30,32,36)/t22-,23-/m0/s1. The van der Waals surface area contributed by atoms with Crippen LogP contribution in [0.5, 0.6) is 0 Å². The van der Waals surface area contributed by atoms with Crippen molar-refractivity contribution in [3.8, 4) is 0 Å². The van der Waals surface area contributed by atoms with Crippen LogP contribution < -0.4 is 10.2 Å². The lowest BCUT2D eigenvalue weighted by Gasteiger charge is -2.22. The smallest absolute Gasteiger partial charge is 0.229 e. The largest absolute Gasteiger partial charge is 0.395 e. The van der Waals surface area contributed by atoms with Gasteiger partial charge in [0.2, 0.25) is 5.91 Å². The van der Waals surface area contributed by atoms with E-state index in [4.69, 9.17) is 16.6 Å². The van der Waals surface area contributed by atoms with Crippen molar-refractivity contribution >= 4 is 34.8 Å². The van der Waals surface area contributed by atoms with Crippen LogP contribution in [0.3, 0.4) is 0 Å². The molecule has 2 N–H and O–H groups in total. The number of imidazole rings is 1. The summed E-state index contributed by atoms with van der Waals surface area (Å²) >= 11 is 6.10. The Hall–Kier alpha value is -3.49. The second kappa shape index (κ2) is 9.52. The van der Waals surface area contributed by atoms with Gasteiger partial charge in [-0.2, -0.15) is 0 Å². The number of halogens is 1. The van der Waals surface area contributed by atoms with Gasteiger partial charge in [-0.25, -0.2) is 15.0 Å². The van der Waals surface area contributed by atoms with Crippen LogP contribution in [0.1, 0.15) is 47.9 Å². The minimum absolute atomic E-state index is 0.0334. The quantitative estimate of drug-likeness (QED) is 0.352. The molecule has 0 unspecified atom stereocenters. The third-order valence-electron chi connectivity index (χ3n) is 6.93. The van der Waals surface area contributed by atoms with Crippen LogP contribution >= 0.6 is 11.6 Å². The van der Waals surface area contributed by atoms with E-state index in [-0.39, 0.29) is 24.3 Å². The van der Waals surface area contributed by atoms with E-state index in [1.54, 1.807) is 6.07 Å². The number of pyridine rings is 1. The maximum Gasteiger partial charge on any atom is 0.229 e. The fourth-order valence-electron chi connectivity index (χ4n) is 4.78. The van der Waals surface area contributed by atoms with Crippen LogP contribution in [-0.4, -0.2) is 43.5 Å². The number of carbonyl (C=O) groups is 1. The van der Waals surface area contributed by atoms with Crippen molar-refractivity contribution in [3.63, 3.8) is 0 Å². The number of hydrogen-bond donors (Lipinski definition) is 2. The second-order valence-electron chi connectivity index (χ2n) is 9.63. The summed E-state index contributed by atoms with van der Waals surface area (Å²) in [5, 5.41) is 13.3. The Labute approximate surface area is 214 Å². The van der Waals surface area contributed by atoms with Gasteiger partial charge in [-0.1, -0.05) is 29.8 Å². The van der Waals surface area contributed by atoms with E-state index < -0.39 is 0 Å². The van der Waals surface area contributed by atoms with Gasteiger partial charge in [-0.15, -0.1) is 0 Å². The van der Waals surface area contributed by atoms with Crippen molar-refractivity contribution < 1.29 is 9.90 Å². The molecule has 3 aromatic heterocycles. The second-order valence-corrected chi connectivity index (χ2v) is 10.1. The van der Waals surface area contributed by atoms with Gasteiger partial charge in [-0.05, 0) is 60.4 Å². The van der Waals surface area contributed by atoms with Gasteiger partial charge in [0.25, 0.3) is 0 Å². The fraction of sp³-hybridized carbons (Fsp3) is 0.333. The summed E-state index contributed by atoms with van der Waals surface area (Å²) in [5.41, 5.74) is 4.20. The van der Waals surface area contributed by atoms with E-state index >= 15 is 0 Å². The van der Waals surface area contributed by atoms with E-state index in [1.165, 1.54) is 24.7 Å². The molecule has 0 spiro atoms. The van der Waals surface area contributed by atoms with Crippen molar-refractivity contribution in [2.24, 2.45) is 5.92 Å². The van der Waals surface area contributed by atoms with Gasteiger partial charge < -0.3 is 19.7 Å². The molecule has 2 aliphatic rings. The third-order valence-corrected chi connectivity index (χ3v) is 7.16. The normalized spacial score (nSPS) is 18.8. The molecule has 6 rings (SSSR count). The molecule has 184 valence electrons. The van der Waals surface area contributed by atoms with Crippen LogP contribution in [-0.2, 0) is 11.3 Å². The van der Waals surface area contributed by atoms with Gasteiger partial charge in [-0.3, -0.25) is 4.79 Å². The maximum absolute atomic E-state index is 12.8. The number of hydrogen-bond acceptors (Lipinski definition) is 6. The average molecular weight is 503 g/mol. The van der Waals surface area contributed by atoms with E-state index in [1.807, 2.05) is 35.4 Å². The molecule has 2 saturated carbocycles. The minimum atomic E-state index is -0.103. The highest BCUT2D eigenvalue weighted by atomic mass is 35.5. The number of aliphatic hydroxyl groups is 1. The summed E-state index contributed by atoms with van der Waals surface area (Å²) < 4.78 is 2.07. The number of amides is 1. The summed E-state index contributed by atoms with van der Waals surface area (Å²) in [6.07, 6.45) is 8.92. The van der Waals surface area contributed by atoms with Crippen LogP contribution in [0.4, 0.5) is 11.6 Å². The predicted octanol–water partition coefficient (Wildman–Crippen LogP) is 4.40. The van der Waals surface area contributed by atoms with Crippen LogP contribution in [0.2, 0.25) is 5.02 Å². The lowest BCUT2D eigenvalue weighted by molar-refractivity contribution is -0.117. The van der Waals surface area contributed by atoms with E-state index in [0.29, 0.717) is 35.7 Å². The molecule has 9 heteroatoms. The molecule has 0 saturated heterocycles. The van der Waals surface area contributed by atoms with Crippen molar-refractivity contribution in [3.05, 3.63) is 83.0 Å². The zero-order chi connectivity index (χ0) is 24.6. The fourth-order valence-corrected chi connectivity index (χ4v) is 4.98. The molecule has 4 aromatic rings. The zero-order valence-corrected chi connectivity index (χ0v) is 20.5. The molecular formula is C27H27ClN6O2. The topological polar surface area (TPSA) is 95.7 Å². The Bertz CT molecular complexity index is 1420. The number of fused-ring (bicyclic) bond motifs is 1. The summed E-state index contributed by atoms with van der Waals surface area (Å²) in [5.74, 6) is 1.74. The van der Waals surface area contributed by atoms with Crippen LogP contribution in [0.25, 0.3) is 5.65 Å². The first kappa shape index (κ1) is 22.9. The van der Waals surface area contributed by atoms with E-state index in [9.17, 15) is 9.90 Å². The number of nitrogens with zero attached hydrogens (tertiary/aromatic N) is 5. The summed E-state index contributed by atoms with van der Waals surface area (Å²) in [6, 6.07) is 13.6. The molecule has 1 aromatic carbocycles. The van der Waals surface area contributed by atoms with Gasteiger partial charge in [0.05, 0.1) is 18.8 Å². The van der Waals surface area contributed by atoms with E-state index in [0.717, 1.165) is 23.3 Å². The first-order chi connectivity index (χ1) is 17.6. The summed E-state index contributed by atoms with van der Waals surface area (Å²) in [4.78, 5) is 28.2. The Kier molecular flexibility index (Phi) is 6.07. The lowest BCUT2D eigenvalue weighted by atomic mass is 10.1. The molecule has 2 aliphatic carbocycles. The summed E-state index contributed by atoms with van der Waals surface area (Å²) in [7, 11) is 0. The Morgan fingerprint density at radius 3 is 2.83 bits per heavy atom. The molecule has 0 radical (unpaired) electrons. The highest BCUT2D eigenvalue weighted by Crippen LogP contribution is 2.48. The molecular weight excluding hydrogens is 476 g/mol. The monoisotopic (exact) mass is 502 g/mol. The Morgan fingerprint density at radius 1 is 1.14 bits per heavy atom. The summed E-state index contributed by atoms with van der Waals surface area (Å²) in [6.45, 7) is 0.824. The van der Waals surface area contributed by atoms with Crippen molar-refractivity contribution in [1.82, 2.24) is 19.4 Å². The SMILES string of the molecule is O=C(Nc1cc(N(CCO)Cc2cn3cc(C4CC4)ccc3n2)ncn1)[C@H]1C[C@H]1c1cccc(Cl)c1. The zero-order valence-electron chi connectivity index (χ0n) is 19.7. The maximum atomic E-state index is 12.8. The van der Waals surface area contributed by atoms with Crippen molar-refractivity contribution in [2.45, 2.75) is 37.6 Å². The molecule has 2 atom stereocenters. The van der Waals surface area contributed by atoms with Crippen LogP contribution in [0, 0.1) is 5.92 Å². The number of nitrogens with one attached hydrogen (secondary N) is 1. The number of benzene rings is 1. The van der Waals surface area contributed by atoms with Gasteiger partial charge in [0.1, 0.15) is 23.6 Å². The Balaban J connectivity index is 1.15. The molecule has 8 nitrogen and oxygen atoms in total. The van der Waals surface area contributed by atoms with Crippen molar-refractivity contribution in [2.75, 3.05) is 23.4 Å². The first-order valence-electron chi connectivity index (χ1n) is 12.3. The number of rotatable bonds is 9. The lowest BCUT2D eigenvalue weighted by Crippen LogP contribution is -2.27. The molecule has 3 heterocycles. The highest BCUT2D eigenvalue weighted by Gasteiger charge is 2.44. The van der Waals surface area contributed by atoms with E-state index in [2.05, 4.69) is 38.0 Å². The molecule has 36 heavy (non-hydrogen) atoms. The average Bonchev–Trinajstić information content (AvgIpc) is 3.80. The molecule has 1 amide bonds. The Morgan fingerprint density at radius 2 is 2.03 bits per heavy atom. The first-order valence-corrected chi connectivity index (χ1v) is 12.7. The minimum Gasteiger partial charge on any atom is -0.395 e. The molecule has 0 aliphatic heterocycles. The van der Waals surface area contributed by atoms with Crippen LogP contribution in [0.15, 0.2) is 61.2 Å². The number of aromatic nitrogens is 4. The number of carbonyl (C=O) groups excluding carboxylic acids is 1. The van der Waals surface area contributed by atoms with Gasteiger partial charge in [0.15, 0.2) is 0 Å². The molecule has 2 fully saturated rings. The van der Waals surface area contributed by atoms with Gasteiger partial charge in [0, 0.05) is 35.9 Å². The number of aliphatic hydroxyl groups excluding tert-OH is 1. The third kappa shape index (κ3) is 4.92. The van der Waals surface area contributed by atoms with Gasteiger partial charge >= 0.3 is 0 Å².